The van der Waals surface area contributed by atoms with Gasteiger partial charge in [0.1, 0.15) is 0 Å². The Kier molecular flexibility index (Phi) is 8.78. The van der Waals surface area contributed by atoms with Gasteiger partial charge in [-0.15, -0.1) is 0 Å². The van der Waals surface area contributed by atoms with Crippen molar-refractivity contribution in [2.75, 3.05) is 0 Å². The van der Waals surface area contributed by atoms with E-state index in [1.54, 1.807) is 0 Å². The van der Waals surface area contributed by atoms with E-state index in [0.29, 0.717) is 5.82 Å². The van der Waals surface area contributed by atoms with Crippen LogP contribution in [0.15, 0.2) is 206 Å². The lowest BCUT2D eigenvalue weighted by Crippen LogP contribution is -2.28. The fraction of sp³-hybridized carbons (Fsp3) is 0.100. The second-order valence-electron chi connectivity index (χ2n) is 17.2. The second kappa shape index (κ2) is 14.9. The third kappa shape index (κ3) is 6.09. The van der Waals surface area contributed by atoms with Crippen LogP contribution in [-0.2, 0) is 5.41 Å². The molecule has 10 aromatic rings. The molecule has 1 spiro atoms. The van der Waals surface area contributed by atoms with Gasteiger partial charge in [-0.1, -0.05) is 207 Å². The van der Waals surface area contributed by atoms with Crippen molar-refractivity contribution in [1.82, 2.24) is 9.97 Å². The Morgan fingerprint density at radius 2 is 0.871 bits per heavy atom. The molecule has 0 radical (unpaired) electrons. The van der Waals surface area contributed by atoms with Crippen LogP contribution in [0.4, 0.5) is 0 Å². The average molecular weight is 793 g/mol. The molecule has 2 heteroatoms. The van der Waals surface area contributed by atoms with Gasteiger partial charge in [-0.3, -0.25) is 0 Å². The maximum Gasteiger partial charge on any atom is 0.160 e. The Hall–Kier alpha value is -7.42. The summed E-state index contributed by atoms with van der Waals surface area (Å²) < 4.78 is 0. The minimum atomic E-state index is 0.0561. The predicted molar refractivity (Wildman–Crippen MR) is 259 cm³/mol. The van der Waals surface area contributed by atoms with Crippen LogP contribution in [0, 0.1) is 0 Å². The van der Waals surface area contributed by atoms with Gasteiger partial charge in [0.05, 0.1) is 11.4 Å². The molecule has 0 aliphatic heterocycles. The van der Waals surface area contributed by atoms with Crippen LogP contribution in [0.1, 0.15) is 43.2 Å². The molecule has 1 aromatic heterocycles. The summed E-state index contributed by atoms with van der Waals surface area (Å²) in [4.78, 5) is 10.3. The molecule has 0 unspecified atom stereocenters. The van der Waals surface area contributed by atoms with Crippen LogP contribution in [-0.4, -0.2) is 9.97 Å². The van der Waals surface area contributed by atoms with E-state index in [9.17, 15) is 0 Å². The zero-order chi connectivity index (χ0) is 41.0. The van der Waals surface area contributed by atoms with Gasteiger partial charge >= 0.3 is 0 Å². The summed E-state index contributed by atoms with van der Waals surface area (Å²) in [7, 11) is 0. The van der Waals surface area contributed by atoms with E-state index in [4.69, 9.17) is 9.97 Å². The van der Waals surface area contributed by atoms with E-state index in [2.05, 4.69) is 188 Å². The van der Waals surface area contributed by atoms with E-state index in [-0.39, 0.29) is 5.41 Å². The largest absolute Gasteiger partial charge is 0.228 e. The summed E-state index contributed by atoms with van der Waals surface area (Å²) in [6.07, 6.45) is 6.26. The Bertz CT molecular complexity index is 3290. The van der Waals surface area contributed by atoms with Crippen LogP contribution in [0.25, 0.3) is 100.0 Å². The van der Waals surface area contributed by atoms with E-state index in [1.807, 2.05) is 18.2 Å². The Morgan fingerprint density at radius 1 is 0.323 bits per heavy atom. The van der Waals surface area contributed by atoms with Crippen LogP contribution in [0.5, 0.6) is 0 Å². The third-order valence-electron chi connectivity index (χ3n) is 13.7. The van der Waals surface area contributed by atoms with Crippen LogP contribution < -0.4 is 0 Å². The zero-order valence-electron chi connectivity index (χ0n) is 34.6. The van der Waals surface area contributed by atoms with Gasteiger partial charge in [0.15, 0.2) is 5.82 Å². The fourth-order valence-corrected chi connectivity index (χ4v) is 10.7. The average Bonchev–Trinajstić information content (AvgIpc) is 3.60. The van der Waals surface area contributed by atoms with Crippen LogP contribution >= 0.6 is 0 Å². The number of rotatable bonds is 6. The minimum Gasteiger partial charge on any atom is -0.228 e. The first-order chi connectivity index (χ1) is 30.7. The maximum absolute atomic E-state index is 5.19. The van der Waals surface area contributed by atoms with E-state index < -0.39 is 0 Å². The number of benzene rings is 9. The summed E-state index contributed by atoms with van der Waals surface area (Å²) in [5, 5.41) is 5.14. The SMILES string of the molecule is c1ccc(-c2ccc(-c3cc(-c4ccc(-c5c(-c6cccc7c6-c6cc8ccccc8cc6C76CCCCC6)ccc6ccccc56)cc4)nc(-c4ccccc4)n3)cc2)cc1. The van der Waals surface area contributed by atoms with E-state index >= 15 is 0 Å². The molecule has 2 aliphatic carbocycles. The predicted octanol–water partition coefficient (Wildman–Crippen LogP) is 16.0. The van der Waals surface area contributed by atoms with Gasteiger partial charge in [0.2, 0.25) is 0 Å². The first-order valence-electron chi connectivity index (χ1n) is 22.1. The van der Waals surface area contributed by atoms with Gasteiger partial charge < -0.3 is 0 Å². The van der Waals surface area contributed by atoms with Crippen molar-refractivity contribution in [3.63, 3.8) is 0 Å². The summed E-state index contributed by atoms with van der Waals surface area (Å²) in [6.45, 7) is 0. The Balaban J connectivity index is 0.999. The maximum atomic E-state index is 5.19. The molecule has 12 rings (SSSR count). The van der Waals surface area contributed by atoms with Gasteiger partial charge in [-0.25, -0.2) is 9.97 Å². The van der Waals surface area contributed by atoms with E-state index in [0.717, 1.165) is 28.1 Å². The lowest BCUT2D eigenvalue weighted by atomic mass is 9.67. The standard InChI is InChI=1S/C60H44N2/c1-4-15-40(16-5-1)41-25-27-43(28-26-41)55-39-56(62-59(61-55)46-18-6-2-7-19-46)44-29-31-45(32-30-44)57-49-22-11-10-17-42(49)33-34-51(57)50-23-14-24-53-58(50)52-37-47-20-8-9-21-48(47)38-54(52)60(53)35-12-3-13-36-60/h1-2,4-11,14-34,37-39H,3,12-13,35-36H2. The van der Waals surface area contributed by atoms with Gasteiger partial charge in [-0.2, -0.15) is 0 Å². The third-order valence-corrected chi connectivity index (χ3v) is 13.7. The highest BCUT2D eigenvalue weighted by molar-refractivity contribution is 6.08. The fourth-order valence-electron chi connectivity index (χ4n) is 10.7. The number of hydrogen-bond acceptors (Lipinski definition) is 2. The number of nitrogens with zero attached hydrogens (tertiary/aromatic N) is 2. The summed E-state index contributed by atoms with van der Waals surface area (Å²) in [6, 6.07) is 75.4. The lowest BCUT2D eigenvalue weighted by Gasteiger charge is -2.36. The Labute approximate surface area is 363 Å². The molecule has 0 atom stereocenters. The van der Waals surface area contributed by atoms with Crippen molar-refractivity contribution >= 4 is 21.5 Å². The minimum absolute atomic E-state index is 0.0561. The molecule has 2 nitrogen and oxygen atoms in total. The van der Waals surface area contributed by atoms with Crippen LogP contribution in [0.3, 0.4) is 0 Å². The molecule has 2 aliphatic rings. The van der Waals surface area contributed by atoms with Gasteiger partial charge in [0, 0.05) is 22.1 Å². The molecule has 294 valence electrons. The lowest BCUT2D eigenvalue weighted by molar-refractivity contribution is 0.353. The molecule has 0 saturated heterocycles. The highest BCUT2D eigenvalue weighted by Crippen LogP contribution is 2.59. The first-order valence-corrected chi connectivity index (χ1v) is 22.1. The Morgan fingerprint density at radius 3 is 1.56 bits per heavy atom. The summed E-state index contributed by atoms with van der Waals surface area (Å²) in [5.74, 6) is 0.715. The molecule has 1 heterocycles. The first kappa shape index (κ1) is 36.4. The van der Waals surface area contributed by atoms with E-state index in [1.165, 1.54) is 109 Å². The molecule has 1 saturated carbocycles. The topological polar surface area (TPSA) is 25.8 Å². The molecule has 0 N–H and O–H groups in total. The van der Waals surface area contributed by atoms with Crippen molar-refractivity contribution in [1.29, 1.82) is 0 Å². The molecule has 1 fully saturated rings. The molecule has 0 amide bonds. The smallest absolute Gasteiger partial charge is 0.160 e. The van der Waals surface area contributed by atoms with Crippen molar-refractivity contribution in [2.45, 2.75) is 37.5 Å². The quantitative estimate of drug-likeness (QED) is 0.168. The summed E-state index contributed by atoms with van der Waals surface area (Å²) >= 11 is 0. The number of hydrogen-bond donors (Lipinski definition) is 0. The van der Waals surface area contributed by atoms with Gasteiger partial charge in [-0.05, 0) is 108 Å². The molecular weight excluding hydrogens is 749 g/mol. The molecular formula is C60H44N2. The number of fused-ring (bicyclic) bond motifs is 7. The van der Waals surface area contributed by atoms with Crippen molar-refractivity contribution < 1.29 is 0 Å². The molecule has 62 heavy (non-hydrogen) atoms. The highest BCUT2D eigenvalue weighted by atomic mass is 14.9. The van der Waals surface area contributed by atoms with Crippen molar-refractivity contribution in [3.8, 4) is 78.4 Å². The van der Waals surface area contributed by atoms with Crippen molar-refractivity contribution in [2.24, 2.45) is 0 Å². The zero-order valence-corrected chi connectivity index (χ0v) is 34.6. The molecule has 9 aromatic carbocycles. The second-order valence-corrected chi connectivity index (χ2v) is 17.2. The van der Waals surface area contributed by atoms with Crippen LogP contribution in [0.2, 0.25) is 0 Å². The number of aromatic nitrogens is 2. The monoisotopic (exact) mass is 792 g/mol. The summed E-state index contributed by atoms with van der Waals surface area (Å²) in [5.41, 5.74) is 18.3. The molecule has 0 bridgehead atoms. The van der Waals surface area contributed by atoms with Gasteiger partial charge in [0.25, 0.3) is 0 Å². The normalized spacial score (nSPS) is 13.9. The highest BCUT2D eigenvalue weighted by Gasteiger charge is 2.45. The van der Waals surface area contributed by atoms with Crippen molar-refractivity contribution in [3.05, 3.63) is 217 Å².